The van der Waals surface area contributed by atoms with Crippen LogP contribution in [-0.2, 0) is 17.7 Å². The number of halogens is 1. The van der Waals surface area contributed by atoms with Gasteiger partial charge in [-0.25, -0.2) is 4.79 Å². The largest absolute Gasteiger partial charge is 0.453 e. The van der Waals surface area contributed by atoms with E-state index in [1.54, 1.807) is 7.05 Å². The Labute approximate surface area is 193 Å². The lowest BCUT2D eigenvalue weighted by molar-refractivity contribution is 0.187. The molecule has 3 rings (SSSR count). The third-order valence-electron chi connectivity index (χ3n) is 4.68. The maximum Gasteiger partial charge on any atom is 0.411 e. The third-order valence-corrected chi connectivity index (χ3v) is 4.68. The van der Waals surface area contributed by atoms with Gasteiger partial charge in [0.1, 0.15) is 0 Å². The van der Waals surface area contributed by atoms with E-state index in [1.165, 1.54) is 29.1 Å². The predicted molar refractivity (Wildman–Crippen MR) is 133 cm³/mol. The highest BCUT2D eigenvalue weighted by Gasteiger charge is 2.05. The number of hydrogen-bond donors (Lipinski definition) is 4. The average Bonchev–Trinajstić information content (AvgIpc) is 3.13. The highest BCUT2D eigenvalue weighted by Crippen LogP contribution is 2.19. The van der Waals surface area contributed by atoms with Crippen molar-refractivity contribution in [3.63, 3.8) is 0 Å². The summed E-state index contributed by atoms with van der Waals surface area (Å²) in [5.74, 6) is 0.748. The number of anilines is 1. The second-order valence-electron chi connectivity index (χ2n) is 6.78. The Hall–Kier alpha value is -2.75. The molecule has 0 bridgehead atoms. The predicted octanol–water partition coefficient (Wildman–Crippen LogP) is 4.18. The number of nitrogens with zero attached hydrogens (tertiary/aromatic N) is 1. The first-order valence-electron chi connectivity index (χ1n) is 9.54. The number of hydrogen-bond acceptors (Lipinski definition) is 3. The lowest BCUT2D eigenvalue weighted by atomic mass is 10.1. The average molecular weight is 521 g/mol. The van der Waals surface area contributed by atoms with E-state index in [0.29, 0.717) is 12.2 Å². The van der Waals surface area contributed by atoms with E-state index >= 15 is 0 Å². The minimum absolute atomic E-state index is 0. The number of benzene rings is 2. The molecule has 7 nitrogen and oxygen atoms in total. The smallest absolute Gasteiger partial charge is 0.411 e. The van der Waals surface area contributed by atoms with Gasteiger partial charge in [-0.3, -0.25) is 10.3 Å². The first-order chi connectivity index (χ1) is 14.1. The number of carbonyl (C=O) groups is 1. The van der Waals surface area contributed by atoms with Crippen molar-refractivity contribution in [1.82, 2.24) is 15.6 Å². The van der Waals surface area contributed by atoms with Gasteiger partial charge in [0.15, 0.2) is 5.96 Å². The van der Waals surface area contributed by atoms with E-state index in [9.17, 15) is 4.79 Å². The van der Waals surface area contributed by atoms with Crippen LogP contribution in [-0.4, -0.2) is 37.7 Å². The highest BCUT2D eigenvalue weighted by molar-refractivity contribution is 14.0. The SMILES string of the molecule is CN=C(NCCc1c[nH]c2cc(C)ccc12)NCc1ccc(NC(=O)OC)cc1.I. The number of aliphatic imine (C=N–C) groups is 1. The van der Waals surface area contributed by atoms with E-state index in [-0.39, 0.29) is 24.0 Å². The Morgan fingerprint density at radius 3 is 2.60 bits per heavy atom. The van der Waals surface area contributed by atoms with Crippen molar-refractivity contribution in [1.29, 1.82) is 0 Å². The summed E-state index contributed by atoms with van der Waals surface area (Å²) in [6.45, 7) is 3.51. The van der Waals surface area contributed by atoms with Gasteiger partial charge < -0.3 is 20.4 Å². The molecule has 0 saturated heterocycles. The molecule has 1 heterocycles. The van der Waals surface area contributed by atoms with Crippen molar-refractivity contribution in [3.8, 4) is 0 Å². The molecule has 0 aliphatic rings. The van der Waals surface area contributed by atoms with Crippen LogP contribution in [0.1, 0.15) is 16.7 Å². The van der Waals surface area contributed by atoms with Crippen LogP contribution in [0.4, 0.5) is 10.5 Å². The Morgan fingerprint density at radius 1 is 1.13 bits per heavy atom. The summed E-state index contributed by atoms with van der Waals surface area (Å²) in [6.07, 6.45) is 2.50. The molecule has 30 heavy (non-hydrogen) atoms. The van der Waals surface area contributed by atoms with Crippen LogP contribution in [0.3, 0.4) is 0 Å². The Morgan fingerprint density at radius 2 is 1.90 bits per heavy atom. The summed E-state index contributed by atoms with van der Waals surface area (Å²) >= 11 is 0. The summed E-state index contributed by atoms with van der Waals surface area (Å²) in [5, 5.41) is 10.5. The van der Waals surface area contributed by atoms with Gasteiger partial charge in [0, 0.05) is 42.9 Å². The van der Waals surface area contributed by atoms with E-state index in [0.717, 1.165) is 24.5 Å². The number of aromatic amines is 1. The minimum Gasteiger partial charge on any atom is -0.453 e. The standard InChI is InChI=1S/C22H27N5O2.HI/c1-15-4-9-19-17(14-25-20(19)12-15)10-11-24-21(23-2)26-13-16-5-7-18(8-6-16)27-22(28)29-3;/h4-9,12,14,25H,10-11,13H2,1-3H3,(H,27,28)(H2,23,24,26);1H. The molecule has 8 heteroatoms. The van der Waals surface area contributed by atoms with Crippen LogP contribution < -0.4 is 16.0 Å². The van der Waals surface area contributed by atoms with E-state index in [2.05, 4.69) is 62.0 Å². The van der Waals surface area contributed by atoms with Crippen LogP contribution >= 0.6 is 24.0 Å². The molecular formula is C22H28IN5O2. The first kappa shape index (κ1) is 23.5. The van der Waals surface area contributed by atoms with Crippen LogP contribution in [0.2, 0.25) is 0 Å². The fourth-order valence-electron chi connectivity index (χ4n) is 3.10. The van der Waals surface area contributed by atoms with Crippen molar-refractivity contribution in [2.75, 3.05) is 26.0 Å². The minimum atomic E-state index is -0.481. The van der Waals surface area contributed by atoms with Crippen molar-refractivity contribution in [2.24, 2.45) is 4.99 Å². The van der Waals surface area contributed by atoms with Gasteiger partial charge in [-0.15, -0.1) is 24.0 Å². The highest BCUT2D eigenvalue weighted by atomic mass is 127. The maximum absolute atomic E-state index is 11.2. The second kappa shape index (κ2) is 11.4. The van der Waals surface area contributed by atoms with Crippen molar-refractivity contribution < 1.29 is 9.53 Å². The Balaban J connectivity index is 0.00000320. The van der Waals surface area contributed by atoms with E-state index < -0.39 is 6.09 Å². The zero-order valence-electron chi connectivity index (χ0n) is 17.4. The van der Waals surface area contributed by atoms with Crippen molar-refractivity contribution in [3.05, 3.63) is 65.4 Å². The van der Waals surface area contributed by atoms with Crippen LogP contribution in [0.5, 0.6) is 0 Å². The second-order valence-corrected chi connectivity index (χ2v) is 6.78. The van der Waals surface area contributed by atoms with Gasteiger partial charge in [-0.2, -0.15) is 0 Å². The lowest BCUT2D eigenvalue weighted by Gasteiger charge is -2.12. The van der Waals surface area contributed by atoms with Gasteiger partial charge in [-0.1, -0.05) is 24.3 Å². The molecular weight excluding hydrogens is 493 g/mol. The molecule has 1 amide bonds. The van der Waals surface area contributed by atoms with E-state index in [1.807, 2.05) is 24.3 Å². The summed E-state index contributed by atoms with van der Waals surface area (Å²) in [5.41, 5.74) is 5.49. The number of fused-ring (bicyclic) bond motifs is 1. The zero-order valence-corrected chi connectivity index (χ0v) is 19.7. The quantitative estimate of drug-likeness (QED) is 0.223. The maximum atomic E-state index is 11.2. The van der Waals surface area contributed by atoms with Crippen molar-refractivity contribution >= 4 is 52.6 Å². The third kappa shape index (κ3) is 6.38. The number of aromatic nitrogens is 1. The molecule has 0 spiro atoms. The van der Waals surface area contributed by atoms with Gasteiger partial charge in [0.2, 0.25) is 0 Å². The van der Waals surface area contributed by atoms with Gasteiger partial charge >= 0.3 is 6.09 Å². The lowest BCUT2D eigenvalue weighted by Crippen LogP contribution is -2.37. The Bertz CT molecular complexity index is 998. The Kier molecular flexibility index (Phi) is 8.97. The monoisotopic (exact) mass is 521 g/mol. The van der Waals surface area contributed by atoms with Crippen molar-refractivity contribution in [2.45, 2.75) is 19.9 Å². The van der Waals surface area contributed by atoms with E-state index in [4.69, 9.17) is 0 Å². The number of nitrogens with one attached hydrogen (secondary N) is 4. The normalized spacial score (nSPS) is 11.0. The molecule has 0 fully saturated rings. The first-order valence-corrected chi connectivity index (χ1v) is 9.54. The molecule has 0 radical (unpaired) electrons. The molecule has 3 aromatic rings. The molecule has 0 saturated carbocycles. The number of methoxy groups -OCH3 is 1. The number of H-pyrrole nitrogens is 1. The number of amides is 1. The summed E-state index contributed by atoms with van der Waals surface area (Å²) in [7, 11) is 3.10. The molecule has 2 aromatic carbocycles. The summed E-state index contributed by atoms with van der Waals surface area (Å²) < 4.78 is 4.58. The summed E-state index contributed by atoms with van der Waals surface area (Å²) in [6, 6.07) is 14.0. The fourth-order valence-corrected chi connectivity index (χ4v) is 3.10. The molecule has 4 N–H and O–H groups in total. The number of ether oxygens (including phenoxy) is 1. The molecule has 0 aliphatic heterocycles. The van der Waals surface area contributed by atoms with Crippen LogP contribution in [0.25, 0.3) is 10.9 Å². The number of carbonyl (C=O) groups excluding carboxylic acids is 1. The number of aryl methyl sites for hydroxylation is 1. The molecule has 1 aromatic heterocycles. The molecule has 0 atom stereocenters. The van der Waals surface area contributed by atoms with Crippen LogP contribution in [0, 0.1) is 6.92 Å². The number of rotatable bonds is 6. The zero-order chi connectivity index (χ0) is 20.6. The topological polar surface area (TPSA) is 90.5 Å². The molecule has 0 aliphatic carbocycles. The van der Waals surface area contributed by atoms with Gasteiger partial charge in [0.05, 0.1) is 7.11 Å². The summed E-state index contributed by atoms with van der Waals surface area (Å²) in [4.78, 5) is 18.8. The fraction of sp³-hybridized carbons (Fsp3) is 0.273. The number of guanidine groups is 1. The van der Waals surface area contributed by atoms with Gasteiger partial charge in [-0.05, 0) is 48.2 Å². The molecule has 160 valence electrons. The molecule has 0 unspecified atom stereocenters. The van der Waals surface area contributed by atoms with Gasteiger partial charge in [0.25, 0.3) is 0 Å². The van der Waals surface area contributed by atoms with Crippen LogP contribution in [0.15, 0.2) is 53.7 Å².